The van der Waals surface area contributed by atoms with Gasteiger partial charge in [-0.3, -0.25) is 72.6 Å². The van der Waals surface area contributed by atoms with Gasteiger partial charge in [0.2, 0.25) is 76.8 Å². The largest absolute Gasteiger partial charge is 0.394 e. The van der Waals surface area contributed by atoms with Crippen LogP contribution < -0.4 is 85.9 Å². The Hall–Kier alpha value is -12.4. The Labute approximate surface area is 687 Å². The summed E-state index contributed by atoms with van der Waals surface area (Å²) in [5, 5.41) is 50.5. The summed E-state index contributed by atoms with van der Waals surface area (Å²) in [5.41, 5.74) is 13.7. The van der Waals surface area contributed by atoms with Gasteiger partial charge in [0.05, 0.1) is 13.0 Å². The van der Waals surface area contributed by atoms with Crippen molar-refractivity contribution in [2.45, 2.75) is 198 Å². The fourth-order valence-corrected chi connectivity index (χ4v) is 13.8. The van der Waals surface area contributed by atoms with Crippen molar-refractivity contribution in [1.82, 2.24) is 73.7 Å². The summed E-state index contributed by atoms with van der Waals surface area (Å²) < 4.78 is 0. The predicted molar refractivity (Wildman–Crippen MR) is 439 cm³/mol. The molecule has 0 radical (unpaired) electrons. The lowest BCUT2D eigenvalue weighted by molar-refractivity contribution is -0.142. The van der Waals surface area contributed by atoms with Crippen molar-refractivity contribution in [2.24, 2.45) is 17.4 Å². The number of aliphatic hydroxyl groups is 1. The molecule has 5 aromatic carbocycles. The average Bonchev–Trinajstić information content (AvgIpc) is 1.75. The van der Waals surface area contributed by atoms with Crippen LogP contribution in [0.5, 0.6) is 0 Å². The number of carbonyl (C=O) groups is 15. The third kappa shape index (κ3) is 28.5. The summed E-state index contributed by atoms with van der Waals surface area (Å²) in [6, 6.07) is 17.4. The first-order valence-electron chi connectivity index (χ1n) is 39.2. The highest BCUT2D eigenvalue weighted by atomic mass is 35.5. The highest BCUT2D eigenvalue weighted by molar-refractivity contribution is 6.30. The van der Waals surface area contributed by atoms with E-state index in [1.165, 1.54) is 72.7 Å². The number of hydrogen-bond donors (Lipinski definition) is 17. The summed E-state index contributed by atoms with van der Waals surface area (Å²) >= 11 is 6.27. The number of nitrogens with zero attached hydrogens (tertiary/aromatic N) is 2. The molecule has 11 atom stereocenters. The number of aromatic nitrogens is 1. The number of imide groups is 1. The molecule has 1 aromatic heterocycles. The van der Waals surface area contributed by atoms with Gasteiger partial charge in [-0.2, -0.15) is 0 Å². The standard InChI is InChI=1S/C83H105ClN18O16/c1-7-59(71(85)106)92-80(115)69-18-13-35-102(69)81(116)60(17-10-11-34-88-47(4)5)93-73(108)61(36-46(2)3)94-75(110)64(39-51-24-31-58(32-25-51)91-82(86)117)96-77(112)65(40-50-22-29-57(30-23-50)90-72(107)67-43-70(105)101-83(118)100-67)98-79(114)68(45-103)99-78(113)66(42-53-14-12-33-87-44-53)97-76(111)63(38-49-20-27-56(84)28-21-49)95-74(109)62(89-48(6)104)41-52-19-26-54-15-8-9-16-55(54)37-52/h8-9,12,14-16,19-33,37,44,46-47,59-69,88,103H,7,10-11,13,17-18,34-36,38-43,45H2,1-6H3,(H2,85,106)(H,89,104)(H,90,107)(H,92,115)(H,93,108)(H,94,110)(H,95,109)(H,96,112)(H,97,111)(H,98,114)(H,99,113)(H3,86,91,117)(H2,100,101,105,118)/t59-,60-,61-,62+,63+,64+,65-,66+,67?,68-,69-/m0/s1. The monoisotopic (exact) mass is 1640 g/mol. The van der Waals surface area contributed by atoms with E-state index < -0.39 is 168 Å². The highest BCUT2D eigenvalue weighted by Gasteiger charge is 2.41. The van der Waals surface area contributed by atoms with Gasteiger partial charge in [0.25, 0.3) is 0 Å². The van der Waals surface area contributed by atoms with Crippen LogP contribution in [0.15, 0.2) is 140 Å². The van der Waals surface area contributed by atoms with E-state index in [0.29, 0.717) is 53.1 Å². The van der Waals surface area contributed by atoms with Crippen LogP contribution in [0, 0.1) is 5.92 Å². The number of carbonyl (C=O) groups excluding carboxylic acids is 15. The van der Waals surface area contributed by atoms with Gasteiger partial charge in [-0.25, -0.2) is 9.59 Å². The number of aliphatic hydroxyl groups excluding tert-OH is 1. The molecule has 17 amide bonds. The Morgan fingerprint density at radius 2 is 1.03 bits per heavy atom. The first-order valence-corrected chi connectivity index (χ1v) is 39.6. The molecule has 0 aliphatic carbocycles. The Balaban J connectivity index is 1.10. The molecule has 2 fully saturated rings. The molecule has 1 unspecified atom stereocenters. The summed E-state index contributed by atoms with van der Waals surface area (Å²) in [4.78, 5) is 214. The van der Waals surface area contributed by atoms with Gasteiger partial charge in [-0.1, -0.05) is 131 Å². The van der Waals surface area contributed by atoms with E-state index in [0.717, 1.165) is 10.8 Å². The van der Waals surface area contributed by atoms with Gasteiger partial charge in [0, 0.05) is 80.4 Å². The van der Waals surface area contributed by atoms with E-state index >= 15 is 24.0 Å². The minimum atomic E-state index is -1.92. The molecule has 2 aliphatic rings. The van der Waals surface area contributed by atoms with E-state index in [2.05, 4.69) is 79.4 Å². The second kappa shape index (κ2) is 44.6. The molecule has 630 valence electrons. The second-order valence-corrected chi connectivity index (χ2v) is 30.4. The summed E-state index contributed by atoms with van der Waals surface area (Å²) in [6.07, 6.45) is 3.24. The summed E-state index contributed by atoms with van der Waals surface area (Å²) in [6.45, 7) is 10.0. The zero-order valence-electron chi connectivity index (χ0n) is 66.6. The number of rotatable bonds is 42. The molecule has 0 saturated carbocycles. The number of hydrogen-bond acceptors (Lipinski definition) is 18. The maximum Gasteiger partial charge on any atom is 0.322 e. The molecule has 34 nitrogen and oxygen atoms in total. The number of primary amides is 2. The molecular weight excluding hydrogens is 1540 g/mol. The zero-order valence-corrected chi connectivity index (χ0v) is 67.4. The number of nitrogens with two attached hydrogens (primary N) is 2. The lowest BCUT2D eigenvalue weighted by Gasteiger charge is -2.31. The number of unbranched alkanes of at least 4 members (excludes halogenated alkanes) is 1. The van der Waals surface area contributed by atoms with Crippen molar-refractivity contribution in [3.05, 3.63) is 173 Å². The maximum atomic E-state index is 15.5. The quantitative estimate of drug-likeness (QED) is 0.0243. The van der Waals surface area contributed by atoms with Gasteiger partial charge < -0.3 is 90.6 Å². The van der Waals surface area contributed by atoms with E-state index in [-0.39, 0.29) is 93.2 Å². The molecule has 0 spiro atoms. The van der Waals surface area contributed by atoms with Gasteiger partial charge in [-0.15, -0.1) is 0 Å². The highest BCUT2D eigenvalue weighted by Crippen LogP contribution is 2.24. The Morgan fingerprint density at radius 3 is 1.54 bits per heavy atom. The smallest absolute Gasteiger partial charge is 0.322 e. The van der Waals surface area contributed by atoms with E-state index in [1.54, 1.807) is 57.2 Å². The topological polar surface area (TPSA) is 513 Å². The fraction of sp³-hybridized carbons (Fsp3) is 0.422. The second-order valence-electron chi connectivity index (χ2n) is 30.0. The number of fused-ring (bicyclic) bond motifs is 1. The number of amides is 17. The molecule has 2 aliphatic heterocycles. The van der Waals surface area contributed by atoms with Crippen LogP contribution in [0.1, 0.15) is 121 Å². The first-order chi connectivity index (χ1) is 56.3. The van der Waals surface area contributed by atoms with Crippen molar-refractivity contribution < 1.29 is 77.0 Å². The SMILES string of the molecule is CC[C@H](NC(=O)[C@@H]1CCCN1C(=O)[C@H](CCCCNC(C)C)NC(=O)[C@H](CC(C)C)NC(=O)[C@@H](Cc1ccc(NC(N)=O)cc1)NC(=O)[C@H](Cc1ccc(NC(=O)C2CC(=O)NC(=O)N2)cc1)NC(=O)[C@H](CO)NC(=O)[C@@H](Cc1cccnc1)NC(=O)[C@@H](Cc1ccc(Cl)cc1)NC(=O)[C@@H](Cc1ccc2ccccc2c1)NC(C)=O)C(N)=O. The lowest BCUT2D eigenvalue weighted by Crippen LogP contribution is -2.62. The van der Waals surface area contributed by atoms with E-state index in [1.807, 2.05) is 56.3 Å². The average molecular weight is 1650 g/mol. The van der Waals surface area contributed by atoms with Crippen LogP contribution in [0.4, 0.5) is 21.0 Å². The Bertz CT molecular complexity index is 4540. The molecule has 19 N–H and O–H groups in total. The third-order valence-corrected chi connectivity index (χ3v) is 20.0. The van der Waals surface area contributed by atoms with Crippen LogP contribution in [0.3, 0.4) is 0 Å². The van der Waals surface area contributed by atoms with Crippen LogP contribution in [0.2, 0.25) is 5.02 Å². The molecule has 0 bridgehead atoms. The molecular formula is C83H105ClN18O16. The van der Waals surface area contributed by atoms with Crippen LogP contribution in [-0.2, 0) is 94.4 Å². The van der Waals surface area contributed by atoms with Crippen molar-refractivity contribution in [2.75, 3.05) is 30.3 Å². The van der Waals surface area contributed by atoms with E-state index in [4.69, 9.17) is 23.1 Å². The number of benzene rings is 5. The van der Waals surface area contributed by atoms with Gasteiger partial charge in [0.1, 0.15) is 66.5 Å². The van der Waals surface area contributed by atoms with Gasteiger partial charge >= 0.3 is 12.1 Å². The molecule has 3 heterocycles. The van der Waals surface area contributed by atoms with Crippen molar-refractivity contribution in [3.8, 4) is 0 Å². The maximum absolute atomic E-state index is 15.5. The van der Waals surface area contributed by atoms with Crippen LogP contribution in [0.25, 0.3) is 10.8 Å². The lowest BCUT2D eigenvalue weighted by atomic mass is 9.99. The molecule has 35 heteroatoms. The molecule has 6 aromatic rings. The normalized spacial score (nSPS) is 16.1. The summed E-state index contributed by atoms with van der Waals surface area (Å²) in [7, 11) is 0. The van der Waals surface area contributed by atoms with Crippen LogP contribution >= 0.6 is 11.6 Å². The number of nitrogens with one attached hydrogen (secondary N) is 14. The van der Waals surface area contributed by atoms with Crippen LogP contribution in [-0.4, -0.2) is 196 Å². The number of pyridine rings is 1. The van der Waals surface area contributed by atoms with Gasteiger partial charge in [-0.05, 0) is 138 Å². The minimum Gasteiger partial charge on any atom is -0.394 e. The molecule has 2 saturated heterocycles. The minimum absolute atomic E-state index is 0.00413. The number of likely N-dealkylation sites (tertiary alicyclic amines) is 1. The van der Waals surface area contributed by atoms with Gasteiger partial charge in [0.15, 0.2) is 0 Å². The predicted octanol–water partition coefficient (Wildman–Crippen LogP) is 1.90. The first kappa shape index (κ1) is 91.1. The van der Waals surface area contributed by atoms with Crippen molar-refractivity contribution in [3.63, 3.8) is 0 Å². The summed E-state index contributed by atoms with van der Waals surface area (Å²) in [5.74, 6) is -10.9. The zero-order chi connectivity index (χ0) is 85.7. The molecule has 118 heavy (non-hydrogen) atoms. The number of anilines is 2. The number of urea groups is 2. The van der Waals surface area contributed by atoms with E-state index in [9.17, 15) is 53.1 Å². The number of halogens is 1. The van der Waals surface area contributed by atoms with Crippen molar-refractivity contribution >= 4 is 123 Å². The Kier molecular flexibility index (Phi) is 34.4. The Morgan fingerprint density at radius 1 is 0.542 bits per heavy atom. The molecule has 8 rings (SSSR count). The van der Waals surface area contributed by atoms with Crippen molar-refractivity contribution in [1.29, 1.82) is 0 Å². The third-order valence-electron chi connectivity index (χ3n) is 19.7. The fourth-order valence-electron chi connectivity index (χ4n) is 13.6.